The first-order valence-electron chi connectivity index (χ1n) is 9.90. The molecular formula is C23H31N3O5. The van der Waals surface area contributed by atoms with Gasteiger partial charge in [0.15, 0.2) is 11.5 Å². The lowest BCUT2D eigenvalue weighted by Crippen LogP contribution is -2.35. The van der Waals surface area contributed by atoms with Crippen molar-refractivity contribution in [3.63, 3.8) is 0 Å². The Kier molecular flexibility index (Phi) is 7.74. The SMILES string of the molecule is COc1cc(N)c(C(=O)Nc2ccc(CCN(C)C(=O)OC(C)(C)C)cc2)cc1OC. The maximum absolute atomic E-state index is 12.6. The zero-order valence-corrected chi connectivity index (χ0v) is 18.9. The summed E-state index contributed by atoms with van der Waals surface area (Å²) >= 11 is 0. The second-order valence-electron chi connectivity index (χ2n) is 8.10. The van der Waals surface area contributed by atoms with E-state index >= 15 is 0 Å². The van der Waals surface area contributed by atoms with Gasteiger partial charge in [-0.25, -0.2) is 4.79 Å². The van der Waals surface area contributed by atoms with Crippen LogP contribution in [0.1, 0.15) is 36.7 Å². The molecule has 8 nitrogen and oxygen atoms in total. The van der Waals surface area contributed by atoms with E-state index in [0.29, 0.717) is 35.7 Å². The van der Waals surface area contributed by atoms with Gasteiger partial charge < -0.3 is 30.2 Å². The zero-order chi connectivity index (χ0) is 23.2. The van der Waals surface area contributed by atoms with Crippen molar-refractivity contribution in [3.05, 3.63) is 47.5 Å². The van der Waals surface area contributed by atoms with E-state index in [1.165, 1.54) is 14.2 Å². The minimum atomic E-state index is -0.525. The zero-order valence-electron chi connectivity index (χ0n) is 18.9. The molecule has 0 radical (unpaired) electrons. The van der Waals surface area contributed by atoms with Crippen molar-refractivity contribution >= 4 is 23.4 Å². The Morgan fingerprint density at radius 3 is 2.16 bits per heavy atom. The molecule has 0 fully saturated rings. The van der Waals surface area contributed by atoms with Crippen LogP contribution < -0.4 is 20.5 Å². The fourth-order valence-corrected chi connectivity index (χ4v) is 2.77. The number of rotatable bonds is 7. The molecule has 8 heteroatoms. The standard InChI is InChI=1S/C23H31N3O5/c1-23(2,3)31-22(28)26(4)12-11-15-7-9-16(10-8-15)25-21(27)17-13-19(29-5)20(30-6)14-18(17)24/h7-10,13-14H,11-12,24H2,1-6H3,(H,25,27). The van der Waals surface area contributed by atoms with Gasteiger partial charge in [0.25, 0.3) is 5.91 Å². The number of anilines is 2. The highest BCUT2D eigenvalue weighted by molar-refractivity contribution is 6.08. The molecule has 0 aliphatic heterocycles. The normalized spacial score (nSPS) is 10.9. The van der Waals surface area contributed by atoms with Crippen LogP contribution in [0.5, 0.6) is 11.5 Å². The van der Waals surface area contributed by atoms with Gasteiger partial charge in [-0.3, -0.25) is 4.79 Å². The van der Waals surface area contributed by atoms with Crippen LogP contribution in [0.4, 0.5) is 16.2 Å². The van der Waals surface area contributed by atoms with E-state index in [9.17, 15) is 9.59 Å². The molecule has 0 aromatic heterocycles. The summed E-state index contributed by atoms with van der Waals surface area (Å²) in [4.78, 5) is 26.2. The van der Waals surface area contributed by atoms with Gasteiger partial charge in [-0.2, -0.15) is 0 Å². The summed E-state index contributed by atoms with van der Waals surface area (Å²) in [6.07, 6.45) is 0.302. The average molecular weight is 430 g/mol. The van der Waals surface area contributed by atoms with Crippen LogP contribution in [-0.4, -0.2) is 50.3 Å². The third-order valence-corrected chi connectivity index (χ3v) is 4.45. The highest BCUT2D eigenvalue weighted by Gasteiger charge is 2.19. The summed E-state index contributed by atoms with van der Waals surface area (Å²) in [5.41, 5.74) is 7.70. The summed E-state index contributed by atoms with van der Waals surface area (Å²) in [6.45, 7) is 6.02. The molecule has 2 rings (SSSR count). The van der Waals surface area contributed by atoms with Gasteiger partial charge in [-0.05, 0) is 51.0 Å². The molecule has 0 aliphatic carbocycles. The molecule has 0 bridgehead atoms. The number of carbonyl (C=O) groups is 2. The first kappa shape index (κ1) is 23.9. The van der Waals surface area contributed by atoms with Crippen LogP contribution >= 0.6 is 0 Å². The number of nitrogens with zero attached hydrogens (tertiary/aromatic N) is 1. The number of methoxy groups -OCH3 is 2. The van der Waals surface area contributed by atoms with E-state index in [1.54, 1.807) is 36.2 Å². The van der Waals surface area contributed by atoms with Gasteiger partial charge in [0.05, 0.1) is 19.8 Å². The number of likely N-dealkylation sites (N-methyl/N-ethyl adjacent to an activating group) is 1. The van der Waals surface area contributed by atoms with Crippen LogP contribution in [0.3, 0.4) is 0 Å². The molecule has 31 heavy (non-hydrogen) atoms. The monoisotopic (exact) mass is 429 g/mol. The van der Waals surface area contributed by atoms with E-state index < -0.39 is 5.60 Å². The smallest absolute Gasteiger partial charge is 0.410 e. The van der Waals surface area contributed by atoms with Crippen molar-refractivity contribution in [1.29, 1.82) is 0 Å². The van der Waals surface area contributed by atoms with Crippen LogP contribution in [-0.2, 0) is 11.2 Å². The maximum Gasteiger partial charge on any atom is 0.410 e. The van der Waals surface area contributed by atoms with Gasteiger partial charge in [0.2, 0.25) is 0 Å². The van der Waals surface area contributed by atoms with E-state index in [0.717, 1.165) is 5.56 Å². The van der Waals surface area contributed by atoms with E-state index in [4.69, 9.17) is 19.9 Å². The summed E-state index contributed by atoms with van der Waals surface area (Å²) in [5.74, 6) is 0.527. The number of nitrogen functional groups attached to an aromatic ring is 1. The number of ether oxygens (including phenoxy) is 3. The minimum Gasteiger partial charge on any atom is -0.493 e. The van der Waals surface area contributed by atoms with Gasteiger partial charge in [0, 0.05) is 31.0 Å². The summed E-state index contributed by atoms with van der Waals surface area (Å²) in [6, 6.07) is 10.5. The molecule has 2 aromatic rings. The first-order chi connectivity index (χ1) is 14.5. The molecule has 2 amide bonds. The lowest BCUT2D eigenvalue weighted by molar-refractivity contribution is 0.0300. The largest absolute Gasteiger partial charge is 0.493 e. The molecule has 0 atom stereocenters. The van der Waals surface area contributed by atoms with Gasteiger partial charge in [0.1, 0.15) is 5.60 Å². The topological polar surface area (TPSA) is 103 Å². The number of benzene rings is 2. The Morgan fingerprint density at radius 1 is 1.03 bits per heavy atom. The van der Waals surface area contributed by atoms with Crippen LogP contribution in [0, 0.1) is 0 Å². The van der Waals surface area contributed by atoms with Crippen molar-refractivity contribution < 1.29 is 23.8 Å². The second-order valence-corrected chi connectivity index (χ2v) is 8.10. The molecule has 0 heterocycles. The lowest BCUT2D eigenvalue weighted by atomic mass is 10.1. The molecule has 0 saturated heterocycles. The fourth-order valence-electron chi connectivity index (χ4n) is 2.77. The van der Waals surface area contributed by atoms with Crippen molar-refractivity contribution in [2.24, 2.45) is 0 Å². The van der Waals surface area contributed by atoms with Crippen molar-refractivity contribution in [3.8, 4) is 11.5 Å². The van der Waals surface area contributed by atoms with Crippen LogP contribution in [0.15, 0.2) is 36.4 Å². The number of hydrogen-bond donors (Lipinski definition) is 2. The number of amides is 2. The number of carbonyl (C=O) groups excluding carboxylic acids is 2. The predicted molar refractivity (Wildman–Crippen MR) is 121 cm³/mol. The first-order valence-corrected chi connectivity index (χ1v) is 9.90. The Hall–Kier alpha value is -3.42. The van der Waals surface area contributed by atoms with Gasteiger partial charge in [-0.1, -0.05) is 12.1 Å². The maximum atomic E-state index is 12.6. The van der Waals surface area contributed by atoms with Crippen molar-refractivity contribution in [1.82, 2.24) is 4.90 Å². The fraction of sp³-hybridized carbons (Fsp3) is 0.391. The molecule has 168 valence electrons. The van der Waals surface area contributed by atoms with Crippen LogP contribution in [0.2, 0.25) is 0 Å². The van der Waals surface area contributed by atoms with Gasteiger partial charge >= 0.3 is 6.09 Å². The molecule has 3 N–H and O–H groups in total. The highest BCUT2D eigenvalue weighted by Crippen LogP contribution is 2.32. The van der Waals surface area contributed by atoms with E-state index in [2.05, 4.69) is 5.32 Å². The third-order valence-electron chi connectivity index (χ3n) is 4.45. The van der Waals surface area contributed by atoms with E-state index in [-0.39, 0.29) is 17.7 Å². The second kappa shape index (κ2) is 10.1. The van der Waals surface area contributed by atoms with Crippen molar-refractivity contribution in [2.75, 3.05) is 38.9 Å². The Balaban J connectivity index is 1.98. The molecule has 0 unspecified atom stereocenters. The number of hydrogen-bond acceptors (Lipinski definition) is 6. The Labute approximate surface area is 183 Å². The Bertz CT molecular complexity index is 920. The highest BCUT2D eigenvalue weighted by atomic mass is 16.6. The number of nitrogens with one attached hydrogen (secondary N) is 1. The predicted octanol–water partition coefficient (Wildman–Crippen LogP) is 3.95. The summed E-state index contributed by atoms with van der Waals surface area (Å²) in [5, 5.41) is 2.82. The molecule has 0 aliphatic rings. The number of nitrogens with two attached hydrogens (primary N) is 1. The summed E-state index contributed by atoms with van der Waals surface area (Å²) in [7, 11) is 4.70. The minimum absolute atomic E-state index is 0.289. The van der Waals surface area contributed by atoms with Crippen molar-refractivity contribution in [2.45, 2.75) is 32.8 Å². The molecule has 2 aromatic carbocycles. The van der Waals surface area contributed by atoms with E-state index in [1.807, 2.05) is 32.9 Å². The molecular weight excluding hydrogens is 398 g/mol. The molecule has 0 spiro atoms. The lowest BCUT2D eigenvalue weighted by Gasteiger charge is -2.24. The Morgan fingerprint density at radius 2 is 1.61 bits per heavy atom. The van der Waals surface area contributed by atoms with Gasteiger partial charge in [-0.15, -0.1) is 0 Å². The quantitative estimate of drug-likeness (QED) is 0.646. The van der Waals surface area contributed by atoms with Crippen LogP contribution in [0.25, 0.3) is 0 Å². The third kappa shape index (κ3) is 6.80. The summed E-state index contributed by atoms with van der Waals surface area (Å²) < 4.78 is 15.8. The average Bonchev–Trinajstić information content (AvgIpc) is 2.71. The molecule has 0 saturated carbocycles.